The summed E-state index contributed by atoms with van der Waals surface area (Å²) in [5, 5.41) is 4.56. The third-order valence-corrected chi connectivity index (χ3v) is 2.84. The van der Waals surface area contributed by atoms with E-state index in [2.05, 4.69) is 10.3 Å². The van der Waals surface area contributed by atoms with Gasteiger partial charge in [0.15, 0.2) is 0 Å². The van der Waals surface area contributed by atoms with Gasteiger partial charge in [-0.25, -0.2) is 4.98 Å². The standard InChI is InChI=1S/C15H14F2N2O/c16-13(17)7-3-4-8-14(20)19-15-12-6-2-1-5-11(12)9-10-18-15/h1-2,5-7,9-10H,3-4,8H2,(H,18,19,20). The second-order valence-electron chi connectivity index (χ2n) is 4.31. The molecule has 0 saturated heterocycles. The van der Waals surface area contributed by atoms with Gasteiger partial charge in [0.05, 0.1) is 0 Å². The Morgan fingerprint density at radius 3 is 2.85 bits per heavy atom. The van der Waals surface area contributed by atoms with E-state index in [0.717, 1.165) is 16.8 Å². The lowest BCUT2D eigenvalue weighted by Crippen LogP contribution is -2.12. The van der Waals surface area contributed by atoms with Crippen LogP contribution in [0, 0.1) is 0 Å². The summed E-state index contributed by atoms with van der Waals surface area (Å²) in [5.41, 5.74) is 0. The second-order valence-corrected chi connectivity index (χ2v) is 4.31. The number of amides is 1. The molecule has 1 N–H and O–H groups in total. The maximum atomic E-state index is 11.8. The van der Waals surface area contributed by atoms with E-state index in [1.54, 1.807) is 6.20 Å². The number of aromatic nitrogens is 1. The Labute approximate surface area is 115 Å². The van der Waals surface area contributed by atoms with Crippen molar-refractivity contribution in [2.45, 2.75) is 19.3 Å². The quantitative estimate of drug-likeness (QED) is 0.834. The van der Waals surface area contributed by atoms with Gasteiger partial charge < -0.3 is 5.32 Å². The number of halogens is 2. The molecular weight excluding hydrogens is 262 g/mol. The highest BCUT2D eigenvalue weighted by Crippen LogP contribution is 2.20. The summed E-state index contributed by atoms with van der Waals surface area (Å²) in [6.07, 6.45) is 1.50. The van der Waals surface area contributed by atoms with Gasteiger partial charge in [-0.3, -0.25) is 4.79 Å². The molecule has 0 spiro atoms. The summed E-state index contributed by atoms with van der Waals surface area (Å²) in [6.45, 7) is 0. The molecule has 1 aromatic carbocycles. The lowest BCUT2D eigenvalue weighted by molar-refractivity contribution is -0.116. The Kier molecular flexibility index (Phi) is 4.76. The Morgan fingerprint density at radius 2 is 2.05 bits per heavy atom. The van der Waals surface area contributed by atoms with Gasteiger partial charge in [0, 0.05) is 18.0 Å². The van der Waals surface area contributed by atoms with Crippen LogP contribution in [-0.4, -0.2) is 10.9 Å². The lowest BCUT2D eigenvalue weighted by Gasteiger charge is -2.07. The van der Waals surface area contributed by atoms with Gasteiger partial charge in [0.1, 0.15) is 5.82 Å². The number of unbranched alkanes of at least 4 members (excludes halogenated alkanes) is 1. The first kappa shape index (κ1) is 14.1. The van der Waals surface area contributed by atoms with Crippen molar-refractivity contribution in [1.82, 2.24) is 4.98 Å². The van der Waals surface area contributed by atoms with Crippen LogP contribution >= 0.6 is 0 Å². The van der Waals surface area contributed by atoms with Crippen molar-refractivity contribution in [3.63, 3.8) is 0 Å². The highest BCUT2D eigenvalue weighted by Gasteiger charge is 2.06. The van der Waals surface area contributed by atoms with Gasteiger partial charge in [-0.15, -0.1) is 0 Å². The van der Waals surface area contributed by atoms with Crippen LogP contribution in [0.4, 0.5) is 14.6 Å². The number of hydrogen-bond donors (Lipinski definition) is 1. The van der Waals surface area contributed by atoms with Gasteiger partial charge >= 0.3 is 0 Å². The summed E-state index contributed by atoms with van der Waals surface area (Å²) in [6, 6.07) is 9.45. The predicted molar refractivity (Wildman–Crippen MR) is 74.5 cm³/mol. The van der Waals surface area contributed by atoms with Gasteiger partial charge in [-0.05, 0) is 30.4 Å². The van der Waals surface area contributed by atoms with Crippen LogP contribution in [-0.2, 0) is 4.79 Å². The fourth-order valence-electron chi connectivity index (χ4n) is 1.89. The fraction of sp³-hybridized carbons (Fsp3) is 0.200. The monoisotopic (exact) mass is 276 g/mol. The molecule has 1 heterocycles. The second kappa shape index (κ2) is 6.75. The van der Waals surface area contributed by atoms with E-state index in [9.17, 15) is 13.6 Å². The van der Waals surface area contributed by atoms with Crippen molar-refractivity contribution in [2.24, 2.45) is 0 Å². The summed E-state index contributed by atoms with van der Waals surface area (Å²) in [7, 11) is 0. The number of fused-ring (bicyclic) bond motifs is 1. The number of hydrogen-bond acceptors (Lipinski definition) is 2. The van der Waals surface area contributed by atoms with Crippen LogP contribution in [0.2, 0.25) is 0 Å². The topological polar surface area (TPSA) is 42.0 Å². The normalized spacial score (nSPS) is 10.3. The van der Waals surface area contributed by atoms with Gasteiger partial charge in [-0.1, -0.05) is 24.3 Å². The number of carbonyl (C=O) groups excluding carboxylic acids is 1. The van der Waals surface area contributed by atoms with Crippen LogP contribution in [0.25, 0.3) is 10.8 Å². The van der Waals surface area contributed by atoms with Crippen molar-refractivity contribution >= 4 is 22.5 Å². The van der Waals surface area contributed by atoms with Crippen molar-refractivity contribution in [1.29, 1.82) is 0 Å². The zero-order chi connectivity index (χ0) is 14.4. The number of allylic oxidation sites excluding steroid dienone is 1. The molecule has 0 atom stereocenters. The Balaban J connectivity index is 1.98. The van der Waals surface area contributed by atoms with Crippen LogP contribution in [0.5, 0.6) is 0 Å². The minimum Gasteiger partial charge on any atom is -0.310 e. The SMILES string of the molecule is O=C(CCCC=C(F)F)Nc1nccc2ccccc12. The van der Waals surface area contributed by atoms with E-state index in [1.807, 2.05) is 30.3 Å². The molecule has 104 valence electrons. The molecule has 0 saturated carbocycles. The first-order valence-electron chi connectivity index (χ1n) is 6.31. The zero-order valence-corrected chi connectivity index (χ0v) is 10.8. The average molecular weight is 276 g/mol. The molecular formula is C15H14F2N2O. The van der Waals surface area contributed by atoms with Crippen LogP contribution < -0.4 is 5.32 Å². The third-order valence-electron chi connectivity index (χ3n) is 2.84. The molecule has 0 bridgehead atoms. The van der Waals surface area contributed by atoms with E-state index in [-0.39, 0.29) is 18.7 Å². The van der Waals surface area contributed by atoms with Crippen LogP contribution in [0.3, 0.4) is 0 Å². The number of nitrogens with zero attached hydrogens (tertiary/aromatic N) is 1. The highest BCUT2D eigenvalue weighted by molar-refractivity contribution is 6.00. The van der Waals surface area contributed by atoms with Crippen molar-refractivity contribution in [3.05, 3.63) is 48.7 Å². The Hall–Kier alpha value is -2.30. The molecule has 5 heteroatoms. The first-order chi connectivity index (χ1) is 9.66. The van der Waals surface area contributed by atoms with Gasteiger partial charge in [-0.2, -0.15) is 8.78 Å². The minimum absolute atomic E-state index is 0.189. The molecule has 2 aromatic rings. The maximum absolute atomic E-state index is 11.8. The first-order valence-corrected chi connectivity index (χ1v) is 6.31. The van der Waals surface area contributed by atoms with Crippen LogP contribution in [0.1, 0.15) is 19.3 Å². The van der Waals surface area contributed by atoms with Crippen LogP contribution in [0.15, 0.2) is 48.7 Å². The van der Waals surface area contributed by atoms with Crippen molar-refractivity contribution < 1.29 is 13.6 Å². The largest absolute Gasteiger partial charge is 0.310 e. The average Bonchev–Trinajstić information content (AvgIpc) is 2.44. The Morgan fingerprint density at radius 1 is 1.25 bits per heavy atom. The number of anilines is 1. The number of rotatable bonds is 5. The molecule has 1 amide bonds. The summed E-state index contributed by atoms with van der Waals surface area (Å²) < 4.78 is 23.7. The lowest BCUT2D eigenvalue weighted by atomic mass is 10.1. The number of carbonyl (C=O) groups is 1. The molecule has 0 unspecified atom stereocenters. The number of benzene rings is 1. The number of pyridine rings is 1. The van der Waals surface area contributed by atoms with E-state index < -0.39 is 6.08 Å². The van der Waals surface area contributed by atoms with Gasteiger partial charge in [0.25, 0.3) is 6.08 Å². The molecule has 0 aliphatic rings. The molecule has 1 aromatic heterocycles. The van der Waals surface area contributed by atoms with E-state index in [4.69, 9.17) is 0 Å². The molecule has 0 radical (unpaired) electrons. The van der Waals surface area contributed by atoms with Gasteiger partial charge in [0.2, 0.25) is 5.91 Å². The summed E-state index contributed by atoms with van der Waals surface area (Å²) in [4.78, 5) is 15.9. The maximum Gasteiger partial charge on any atom is 0.266 e. The molecule has 20 heavy (non-hydrogen) atoms. The number of nitrogens with one attached hydrogen (secondary N) is 1. The van der Waals surface area contributed by atoms with E-state index in [1.165, 1.54) is 0 Å². The Bertz CT molecular complexity index is 631. The predicted octanol–water partition coefficient (Wildman–Crippen LogP) is 4.12. The fourth-order valence-corrected chi connectivity index (χ4v) is 1.89. The summed E-state index contributed by atoms with van der Waals surface area (Å²) in [5.74, 6) is 0.279. The third kappa shape index (κ3) is 3.85. The molecule has 2 rings (SSSR count). The summed E-state index contributed by atoms with van der Waals surface area (Å²) >= 11 is 0. The minimum atomic E-state index is -1.71. The smallest absolute Gasteiger partial charge is 0.266 e. The highest BCUT2D eigenvalue weighted by atomic mass is 19.3. The zero-order valence-electron chi connectivity index (χ0n) is 10.8. The van der Waals surface area contributed by atoms with E-state index in [0.29, 0.717) is 12.2 Å². The van der Waals surface area contributed by atoms with Crippen molar-refractivity contribution in [2.75, 3.05) is 5.32 Å². The van der Waals surface area contributed by atoms with E-state index >= 15 is 0 Å². The molecule has 3 nitrogen and oxygen atoms in total. The molecule has 0 aliphatic heterocycles. The van der Waals surface area contributed by atoms with Crippen molar-refractivity contribution in [3.8, 4) is 0 Å². The molecule has 0 aliphatic carbocycles. The molecule has 0 fully saturated rings.